The number of benzene rings is 1. The van der Waals surface area contributed by atoms with Crippen LogP contribution in [0.25, 0.3) is 11.0 Å². The van der Waals surface area contributed by atoms with Gasteiger partial charge in [0.1, 0.15) is 6.04 Å². The minimum atomic E-state index is -1.13. The first kappa shape index (κ1) is 14.8. The smallest absolute Gasteiger partial charge is 0.337 e. The van der Waals surface area contributed by atoms with Crippen molar-refractivity contribution in [3.8, 4) is 0 Å². The topological polar surface area (TPSA) is 104 Å². The first-order valence-corrected chi connectivity index (χ1v) is 6.71. The van der Waals surface area contributed by atoms with Gasteiger partial charge >= 0.3 is 11.7 Å². The summed E-state index contributed by atoms with van der Waals surface area (Å²) in [4.78, 5) is 37.8. The first-order chi connectivity index (χ1) is 9.97. The lowest BCUT2D eigenvalue weighted by Crippen LogP contribution is -2.35. The van der Waals surface area contributed by atoms with Gasteiger partial charge in [-0.15, -0.1) is 0 Å². The van der Waals surface area contributed by atoms with Crippen molar-refractivity contribution in [2.24, 2.45) is 0 Å². The zero-order valence-corrected chi connectivity index (χ0v) is 11.8. The van der Waals surface area contributed by atoms with Crippen molar-refractivity contribution in [1.82, 2.24) is 14.9 Å². The second-order valence-corrected chi connectivity index (χ2v) is 4.77. The van der Waals surface area contributed by atoms with Crippen LogP contribution in [0.5, 0.6) is 0 Å². The summed E-state index contributed by atoms with van der Waals surface area (Å²) >= 11 is 0. The summed E-state index contributed by atoms with van der Waals surface area (Å²) in [5.74, 6) is -1.40. The van der Waals surface area contributed by atoms with Crippen molar-refractivity contribution in [3.63, 3.8) is 0 Å². The maximum absolute atomic E-state index is 12.1. The number of nitrogens with one attached hydrogen (secondary N) is 2. The molecule has 112 valence electrons. The van der Waals surface area contributed by atoms with Crippen LogP contribution in [0.4, 0.5) is 0 Å². The highest BCUT2D eigenvalue weighted by molar-refractivity contribution is 6.01. The van der Waals surface area contributed by atoms with Gasteiger partial charge in [0.05, 0.1) is 16.6 Å². The van der Waals surface area contributed by atoms with Crippen molar-refractivity contribution >= 4 is 22.9 Å². The highest BCUT2D eigenvalue weighted by Crippen LogP contribution is 2.18. The van der Waals surface area contributed by atoms with Gasteiger partial charge in [0.15, 0.2) is 0 Å². The number of carboxylic acids is 1. The zero-order valence-electron chi connectivity index (χ0n) is 11.8. The van der Waals surface area contributed by atoms with Crippen LogP contribution in [0.3, 0.4) is 0 Å². The number of amides is 1. The molecular formula is C14H17N3O4. The van der Waals surface area contributed by atoms with Crippen LogP contribution in [-0.2, 0) is 4.79 Å². The molecule has 2 aromatic rings. The lowest BCUT2D eigenvalue weighted by atomic mass is 10.2. The van der Waals surface area contributed by atoms with E-state index in [1.807, 2.05) is 6.92 Å². The molecule has 2 rings (SSSR count). The van der Waals surface area contributed by atoms with Crippen LogP contribution in [0, 0.1) is 0 Å². The fourth-order valence-electron chi connectivity index (χ4n) is 2.22. The van der Waals surface area contributed by atoms with E-state index in [2.05, 4.69) is 10.3 Å². The van der Waals surface area contributed by atoms with Crippen molar-refractivity contribution in [2.45, 2.75) is 26.3 Å². The Morgan fingerprint density at radius 3 is 2.76 bits per heavy atom. The molecule has 1 heterocycles. The number of nitrogens with zero attached hydrogens (tertiary/aromatic N) is 1. The second kappa shape index (κ2) is 5.82. The quantitative estimate of drug-likeness (QED) is 0.767. The third kappa shape index (κ3) is 2.67. The SMILES string of the molecule is CCCNC(=O)C(C)n1c(=O)[nH]c2c(C(=O)O)cccc21. The van der Waals surface area contributed by atoms with Crippen molar-refractivity contribution < 1.29 is 14.7 Å². The number of H-pyrrole nitrogens is 1. The number of hydrogen-bond donors (Lipinski definition) is 3. The van der Waals surface area contributed by atoms with E-state index in [9.17, 15) is 14.4 Å². The molecule has 0 saturated heterocycles. The minimum absolute atomic E-state index is 0.00418. The molecule has 1 amide bonds. The molecule has 0 spiro atoms. The summed E-state index contributed by atoms with van der Waals surface area (Å²) in [5, 5.41) is 11.9. The molecule has 1 aromatic heterocycles. The number of hydrogen-bond acceptors (Lipinski definition) is 3. The van der Waals surface area contributed by atoms with Gasteiger partial charge < -0.3 is 15.4 Å². The normalized spacial score (nSPS) is 12.3. The number of fused-ring (bicyclic) bond motifs is 1. The van der Waals surface area contributed by atoms with Crippen molar-refractivity contribution in [1.29, 1.82) is 0 Å². The fourth-order valence-corrected chi connectivity index (χ4v) is 2.22. The minimum Gasteiger partial charge on any atom is -0.478 e. The Morgan fingerprint density at radius 2 is 2.14 bits per heavy atom. The summed E-state index contributed by atoms with van der Waals surface area (Å²) < 4.78 is 1.27. The number of aromatic nitrogens is 2. The maximum Gasteiger partial charge on any atom is 0.337 e. The van der Waals surface area contributed by atoms with Gasteiger partial charge in [0.25, 0.3) is 0 Å². The van der Waals surface area contributed by atoms with E-state index < -0.39 is 17.7 Å². The monoisotopic (exact) mass is 291 g/mol. The molecule has 0 aliphatic heterocycles. The van der Waals surface area contributed by atoms with E-state index in [0.717, 1.165) is 6.42 Å². The van der Waals surface area contributed by atoms with Crippen molar-refractivity contribution in [2.75, 3.05) is 6.54 Å². The molecule has 1 atom stereocenters. The molecule has 0 aliphatic rings. The number of para-hydroxylation sites is 1. The van der Waals surface area contributed by atoms with Crippen LogP contribution in [0.15, 0.2) is 23.0 Å². The Morgan fingerprint density at radius 1 is 1.43 bits per heavy atom. The molecule has 0 aliphatic carbocycles. The van der Waals surface area contributed by atoms with Gasteiger partial charge in [-0.1, -0.05) is 13.0 Å². The molecule has 1 aromatic carbocycles. The third-order valence-corrected chi connectivity index (χ3v) is 3.30. The van der Waals surface area contributed by atoms with Crippen LogP contribution in [0.1, 0.15) is 36.7 Å². The largest absolute Gasteiger partial charge is 0.478 e. The summed E-state index contributed by atoms with van der Waals surface area (Å²) in [5.41, 5.74) is 0.131. The van der Waals surface area contributed by atoms with Gasteiger partial charge in [-0.05, 0) is 25.5 Å². The fraction of sp³-hybridized carbons (Fsp3) is 0.357. The molecule has 0 fully saturated rings. The molecule has 7 nitrogen and oxygen atoms in total. The lowest BCUT2D eigenvalue weighted by Gasteiger charge is -2.13. The van der Waals surface area contributed by atoms with E-state index >= 15 is 0 Å². The van der Waals surface area contributed by atoms with E-state index in [-0.39, 0.29) is 17.0 Å². The van der Waals surface area contributed by atoms with E-state index in [1.54, 1.807) is 19.1 Å². The Balaban J connectivity index is 2.52. The molecule has 21 heavy (non-hydrogen) atoms. The van der Waals surface area contributed by atoms with E-state index in [1.165, 1.54) is 10.6 Å². The van der Waals surface area contributed by atoms with Crippen molar-refractivity contribution in [3.05, 3.63) is 34.2 Å². The van der Waals surface area contributed by atoms with Crippen LogP contribution < -0.4 is 11.0 Å². The summed E-state index contributed by atoms with van der Waals surface area (Å²) in [6.45, 7) is 4.07. The number of carbonyl (C=O) groups is 2. The number of carbonyl (C=O) groups excluding carboxylic acids is 1. The molecule has 0 saturated carbocycles. The highest BCUT2D eigenvalue weighted by atomic mass is 16.4. The summed E-state index contributed by atoms with van der Waals surface area (Å²) in [6, 6.07) is 3.85. The lowest BCUT2D eigenvalue weighted by molar-refractivity contribution is -0.123. The summed E-state index contributed by atoms with van der Waals surface area (Å²) in [6.07, 6.45) is 0.796. The molecular weight excluding hydrogens is 274 g/mol. The Bertz CT molecular complexity index is 744. The van der Waals surface area contributed by atoms with Gasteiger partial charge in [-0.3, -0.25) is 9.36 Å². The number of carboxylic acid groups (broad SMARTS) is 1. The zero-order chi connectivity index (χ0) is 15.6. The number of aromatic carboxylic acids is 1. The molecule has 0 radical (unpaired) electrons. The highest BCUT2D eigenvalue weighted by Gasteiger charge is 2.21. The molecule has 7 heteroatoms. The number of aromatic amines is 1. The van der Waals surface area contributed by atoms with Gasteiger partial charge in [0, 0.05) is 6.54 Å². The number of rotatable bonds is 5. The molecule has 3 N–H and O–H groups in total. The van der Waals surface area contributed by atoms with E-state index in [0.29, 0.717) is 12.1 Å². The predicted octanol–water partition coefficient (Wildman–Crippen LogP) is 1.11. The standard InChI is InChI=1S/C14H17N3O4/c1-3-7-15-12(18)8(2)17-10-6-4-5-9(13(19)20)11(10)16-14(17)21/h4-6,8H,3,7H2,1-2H3,(H,15,18)(H,16,21)(H,19,20). The van der Waals surface area contributed by atoms with Gasteiger partial charge in [-0.25, -0.2) is 9.59 Å². The first-order valence-electron chi connectivity index (χ1n) is 6.71. The Hall–Kier alpha value is -2.57. The maximum atomic E-state index is 12.1. The second-order valence-electron chi connectivity index (χ2n) is 4.77. The van der Waals surface area contributed by atoms with Gasteiger partial charge in [-0.2, -0.15) is 0 Å². The van der Waals surface area contributed by atoms with Gasteiger partial charge in [0.2, 0.25) is 5.91 Å². The Labute approximate surface area is 120 Å². The van der Waals surface area contributed by atoms with Crippen LogP contribution in [0.2, 0.25) is 0 Å². The predicted molar refractivity (Wildman–Crippen MR) is 77.5 cm³/mol. The third-order valence-electron chi connectivity index (χ3n) is 3.30. The average Bonchev–Trinajstić information content (AvgIpc) is 2.79. The number of imidazole rings is 1. The average molecular weight is 291 g/mol. The van der Waals surface area contributed by atoms with E-state index in [4.69, 9.17) is 5.11 Å². The van der Waals surface area contributed by atoms with Crippen LogP contribution in [-0.4, -0.2) is 33.1 Å². The molecule has 0 bridgehead atoms. The molecule has 1 unspecified atom stereocenters. The van der Waals surface area contributed by atoms with Crippen LogP contribution >= 0.6 is 0 Å². The Kier molecular flexibility index (Phi) is 4.11. The summed E-state index contributed by atoms with van der Waals surface area (Å²) in [7, 11) is 0.